The fourth-order valence-electron chi connectivity index (χ4n) is 1.54. The minimum atomic E-state index is -0.503. The Bertz CT molecular complexity index is 399. The van der Waals surface area contributed by atoms with E-state index in [1.807, 2.05) is 6.92 Å². The second-order valence-electron chi connectivity index (χ2n) is 3.76. The summed E-state index contributed by atoms with van der Waals surface area (Å²) in [6, 6.07) is 3.47. The number of hydrogen-bond acceptors (Lipinski definition) is 4. The van der Waals surface area contributed by atoms with E-state index in [9.17, 15) is 14.5 Å². The lowest BCUT2D eigenvalue weighted by atomic mass is 10.1. The van der Waals surface area contributed by atoms with Crippen LogP contribution in [-0.2, 0) is 11.3 Å². The number of halogens is 1. The van der Waals surface area contributed by atoms with Gasteiger partial charge < -0.3 is 10.1 Å². The fourth-order valence-corrected chi connectivity index (χ4v) is 1.54. The predicted octanol–water partition coefficient (Wildman–Crippen LogP) is 2.25. The molecule has 0 saturated heterocycles. The molecule has 0 unspecified atom stereocenters. The molecule has 0 aliphatic rings. The molecule has 1 aromatic carbocycles. The first-order chi connectivity index (χ1) is 8.65. The summed E-state index contributed by atoms with van der Waals surface area (Å²) >= 11 is 0. The van der Waals surface area contributed by atoms with Crippen LogP contribution in [0.4, 0.5) is 10.1 Å². The summed E-state index contributed by atoms with van der Waals surface area (Å²) in [7, 11) is 0. The highest BCUT2D eigenvalue weighted by atomic mass is 19.1. The van der Waals surface area contributed by atoms with Crippen LogP contribution in [0, 0.1) is 15.9 Å². The first-order valence-electron chi connectivity index (χ1n) is 5.86. The van der Waals surface area contributed by atoms with Crippen molar-refractivity contribution in [2.45, 2.75) is 19.9 Å². The van der Waals surface area contributed by atoms with Gasteiger partial charge in [-0.1, -0.05) is 0 Å². The van der Waals surface area contributed by atoms with Crippen molar-refractivity contribution >= 4 is 5.69 Å². The van der Waals surface area contributed by atoms with Crippen LogP contribution in [0.3, 0.4) is 0 Å². The molecule has 0 atom stereocenters. The summed E-state index contributed by atoms with van der Waals surface area (Å²) in [4.78, 5) is 10.2. The van der Waals surface area contributed by atoms with Gasteiger partial charge in [-0.25, -0.2) is 4.39 Å². The summed E-state index contributed by atoms with van der Waals surface area (Å²) in [5, 5.41) is 13.8. The van der Waals surface area contributed by atoms with Gasteiger partial charge in [0.1, 0.15) is 5.82 Å². The number of benzene rings is 1. The summed E-state index contributed by atoms with van der Waals surface area (Å²) in [5.74, 6) is -0.466. The molecular formula is C12H17FN2O3. The van der Waals surface area contributed by atoms with Gasteiger partial charge in [-0.15, -0.1) is 0 Å². The van der Waals surface area contributed by atoms with Crippen LogP contribution in [0.15, 0.2) is 18.2 Å². The lowest BCUT2D eigenvalue weighted by Gasteiger charge is -2.06. The summed E-state index contributed by atoms with van der Waals surface area (Å²) in [5.41, 5.74) is 0.296. The molecule has 0 amide bonds. The highest BCUT2D eigenvalue weighted by Crippen LogP contribution is 2.19. The van der Waals surface area contributed by atoms with Crippen molar-refractivity contribution in [2.24, 2.45) is 0 Å². The Morgan fingerprint density at radius 1 is 1.50 bits per heavy atom. The van der Waals surface area contributed by atoms with E-state index >= 15 is 0 Å². The zero-order valence-corrected chi connectivity index (χ0v) is 10.3. The SMILES string of the molecule is CCOCCCNCc1cc(F)ccc1[N+](=O)[O-]. The molecular weight excluding hydrogens is 239 g/mol. The second kappa shape index (κ2) is 7.73. The molecule has 0 spiro atoms. The van der Waals surface area contributed by atoms with Crippen LogP contribution in [0.5, 0.6) is 0 Å². The molecule has 100 valence electrons. The van der Waals surface area contributed by atoms with E-state index in [4.69, 9.17) is 4.74 Å². The van der Waals surface area contributed by atoms with Crippen molar-refractivity contribution in [3.63, 3.8) is 0 Å². The molecule has 0 fully saturated rings. The average Bonchev–Trinajstić information content (AvgIpc) is 2.33. The Morgan fingerprint density at radius 2 is 2.28 bits per heavy atom. The van der Waals surface area contributed by atoms with Gasteiger partial charge in [0.15, 0.2) is 0 Å². The quantitative estimate of drug-likeness (QED) is 0.440. The molecule has 6 heteroatoms. The van der Waals surface area contributed by atoms with Crippen molar-refractivity contribution < 1.29 is 14.1 Å². The molecule has 1 N–H and O–H groups in total. The zero-order chi connectivity index (χ0) is 13.4. The molecule has 0 saturated carbocycles. The minimum Gasteiger partial charge on any atom is -0.382 e. The number of nitro groups is 1. The predicted molar refractivity (Wildman–Crippen MR) is 65.9 cm³/mol. The lowest BCUT2D eigenvalue weighted by Crippen LogP contribution is -2.17. The normalized spacial score (nSPS) is 10.6. The highest BCUT2D eigenvalue weighted by Gasteiger charge is 2.13. The number of nitrogens with one attached hydrogen (secondary N) is 1. The summed E-state index contributed by atoms with van der Waals surface area (Å²) in [6.07, 6.45) is 0.816. The molecule has 0 bridgehead atoms. The maximum Gasteiger partial charge on any atom is 0.274 e. The maximum atomic E-state index is 13.0. The molecule has 18 heavy (non-hydrogen) atoms. The van der Waals surface area contributed by atoms with Crippen LogP contribution in [0.25, 0.3) is 0 Å². The van der Waals surface area contributed by atoms with E-state index < -0.39 is 10.7 Å². The Morgan fingerprint density at radius 3 is 2.94 bits per heavy atom. The molecule has 0 aliphatic carbocycles. The zero-order valence-electron chi connectivity index (χ0n) is 10.3. The molecule has 0 aromatic heterocycles. The molecule has 0 aliphatic heterocycles. The van der Waals surface area contributed by atoms with Crippen LogP contribution >= 0.6 is 0 Å². The van der Waals surface area contributed by atoms with Crippen molar-refractivity contribution in [3.8, 4) is 0 Å². The molecule has 0 radical (unpaired) electrons. The molecule has 1 rings (SSSR count). The Labute approximate surface area is 105 Å². The van der Waals surface area contributed by atoms with Gasteiger partial charge in [0.05, 0.1) is 4.92 Å². The van der Waals surface area contributed by atoms with Crippen LogP contribution < -0.4 is 5.32 Å². The standard InChI is InChI=1S/C12H17FN2O3/c1-2-18-7-3-6-14-9-10-8-11(13)4-5-12(10)15(16)17/h4-5,8,14H,2-3,6-7,9H2,1H3. The maximum absolute atomic E-state index is 13.0. The monoisotopic (exact) mass is 256 g/mol. The van der Waals surface area contributed by atoms with Gasteiger partial charge in [-0.3, -0.25) is 10.1 Å². The van der Waals surface area contributed by atoms with E-state index in [0.717, 1.165) is 12.5 Å². The third kappa shape index (κ3) is 4.77. The smallest absolute Gasteiger partial charge is 0.274 e. The van der Waals surface area contributed by atoms with Gasteiger partial charge >= 0.3 is 0 Å². The van der Waals surface area contributed by atoms with E-state index in [1.54, 1.807) is 0 Å². The topological polar surface area (TPSA) is 64.4 Å². The van der Waals surface area contributed by atoms with Crippen LogP contribution in [-0.4, -0.2) is 24.7 Å². The van der Waals surface area contributed by atoms with Gasteiger partial charge in [0, 0.05) is 31.4 Å². The number of rotatable bonds is 8. The second-order valence-corrected chi connectivity index (χ2v) is 3.76. The van der Waals surface area contributed by atoms with E-state index in [0.29, 0.717) is 25.3 Å². The van der Waals surface area contributed by atoms with Crippen molar-refractivity contribution in [2.75, 3.05) is 19.8 Å². The molecule has 5 nitrogen and oxygen atoms in total. The third-order valence-corrected chi connectivity index (χ3v) is 2.40. The van der Waals surface area contributed by atoms with E-state index in [-0.39, 0.29) is 12.2 Å². The first kappa shape index (κ1) is 14.5. The van der Waals surface area contributed by atoms with Crippen LogP contribution in [0.2, 0.25) is 0 Å². The number of ether oxygens (including phenoxy) is 1. The van der Waals surface area contributed by atoms with Crippen molar-refractivity contribution in [3.05, 3.63) is 39.7 Å². The molecule has 0 heterocycles. The van der Waals surface area contributed by atoms with Gasteiger partial charge in [0.25, 0.3) is 5.69 Å². The number of nitro benzene ring substituents is 1. The largest absolute Gasteiger partial charge is 0.382 e. The average molecular weight is 256 g/mol. The van der Waals surface area contributed by atoms with Crippen molar-refractivity contribution in [1.29, 1.82) is 0 Å². The highest BCUT2D eigenvalue weighted by molar-refractivity contribution is 5.40. The fraction of sp³-hybridized carbons (Fsp3) is 0.500. The molecule has 1 aromatic rings. The van der Waals surface area contributed by atoms with E-state index in [2.05, 4.69) is 5.32 Å². The number of nitrogens with zero attached hydrogens (tertiary/aromatic N) is 1. The van der Waals surface area contributed by atoms with Gasteiger partial charge in [-0.2, -0.15) is 0 Å². The third-order valence-electron chi connectivity index (χ3n) is 2.40. The van der Waals surface area contributed by atoms with Gasteiger partial charge in [-0.05, 0) is 32.0 Å². The Kier molecular flexibility index (Phi) is 6.24. The van der Waals surface area contributed by atoms with Crippen LogP contribution in [0.1, 0.15) is 18.9 Å². The minimum absolute atomic E-state index is 0.0614. The Hall–Kier alpha value is -1.53. The first-order valence-corrected chi connectivity index (χ1v) is 5.86. The van der Waals surface area contributed by atoms with E-state index in [1.165, 1.54) is 12.1 Å². The van der Waals surface area contributed by atoms with Crippen molar-refractivity contribution in [1.82, 2.24) is 5.32 Å². The van der Waals surface area contributed by atoms with Gasteiger partial charge in [0.2, 0.25) is 0 Å². The lowest BCUT2D eigenvalue weighted by molar-refractivity contribution is -0.385. The Balaban J connectivity index is 2.45. The number of hydrogen-bond donors (Lipinski definition) is 1. The summed E-state index contributed by atoms with van der Waals surface area (Å²) in [6.45, 7) is 4.20. The summed E-state index contributed by atoms with van der Waals surface area (Å²) < 4.78 is 18.2.